The maximum Gasteiger partial charge on any atom is 0.265 e. The van der Waals surface area contributed by atoms with Gasteiger partial charge < -0.3 is 5.32 Å². The van der Waals surface area contributed by atoms with Crippen LogP contribution >= 0.6 is 22.7 Å². The van der Waals surface area contributed by atoms with E-state index in [1.54, 1.807) is 36.5 Å². The minimum Gasteiger partial charge on any atom is -0.321 e. The quantitative estimate of drug-likeness (QED) is 0.445. The Labute approximate surface area is 176 Å². The van der Waals surface area contributed by atoms with Crippen molar-refractivity contribution in [1.82, 2.24) is 4.98 Å². The van der Waals surface area contributed by atoms with E-state index in [-0.39, 0.29) is 11.8 Å². The molecule has 2 heterocycles. The van der Waals surface area contributed by atoms with E-state index >= 15 is 0 Å². The van der Waals surface area contributed by atoms with E-state index in [1.165, 1.54) is 28.2 Å². The lowest BCUT2D eigenvalue weighted by Gasteiger charge is -2.09. The zero-order chi connectivity index (χ0) is 20.1. The van der Waals surface area contributed by atoms with Crippen molar-refractivity contribution in [2.75, 3.05) is 10.6 Å². The van der Waals surface area contributed by atoms with Gasteiger partial charge in [-0.25, -0.2) is 4.98 Å². The van der Waals surface area contributed by atoms with E-state index in [4.69, 9.17) is 0 Å². The third-order valence-corrected chi connectivity index (χ3v) is 5.94. The predicted octanol–water partition coefficient (Wildman–Crippen LogP) is 5.30. The van der Waals surface area contributed by atoms with E-state index in [0.717, 1.165) is 11.3 Å². The molecule has 29 heavy (non-hydrogen) atoms. The first kappa shape index (κ1) is 19.0. The molecule has 0 saturated heterocycles. The largest absolute Gasteiger partial charge is 0.321 e. The average Bonchev–Trinajstić information content (AvgIpc) is 3.42. The number of amides is 2. The summed E-state index contributed by atoms with van der Waals surface area (Å²) in [5, 5.41) is 8.01. The first-order chi connectivity index (χ1) is 14.2. The standard InChI is InChI=1S/C22H17N3O2S2/c26-20(25-22-23-14-16(29-22)13-15-7-2-1-3-8-15)17-9-4-5-10-18(17)24-21(27)19-11-6-12-28-19/h1-12,14H,13H2,(H,24,27)(H,23,25,26). The number of hydrogen-bond acceptors (Lipinski definition) is 5. The molecule has 7 heteroatoms. The van der Waals surface area contributed by atoms with Crippen LogP contribution in [0.4, 0.5) is 10.8 Å². The number of hydrogen-bond donors (Lipinski definition) is 2. The Balaban J connectivity index is 1.46. The zero-order valence-electron chi connectivity index (χ0n) is 15.3. The summed E-state index contributed by atoms with van der Waals surface area (Å²) in [6.45, 7) is 0. The Morgan fingerprint density at radius 3 is 2.45 bits per heavy atom. The summed E-state index contributed by atoms with van der Waals surface area (Å²) in [6, 6.07) is 20.6. The molecule has 2 aromatic heterocycles. The Morgan fingerprint density at radius 2 is 1.66 bits per heavy atom. The molecule has 0 radical (unpaired) electrons. The number of rotatable bonds is 6. The van der Waals surface area contributed by atoms with Crippen LogP contribution in [0.25, 0.3) is 0 Å². The molecule has 0 fully saturated rings. The second kappa shape index (κ2) is 8.81. The van der Waals surface area contributed by atoms with Crippen LogP contribution in [0.1, 0.15) is 30.5 Å². The van der Waals surface area contributed by atoms with Gasteiger partial charge in [0.05, 0.1) is 16.1 Å². The van der Waals surface area contributed by atoms with Gasteiger partial charge in [0.25, 0.3) is 11.8 Å². The van der Waals surface area contributed by atoms with Gasteiger partial charge in [-0.3, -0.25) is 14.9 Å². The first-order valence-electron chi connectivity index (χ1n) is 8.93. The highest BCUT2D eigenvalue weighted by Gasteiger charge is 2.16. The minimum absolute atomic E-state index is 0.236. The van der Waals surface area contributed by atoms with Crippen molar-refractivity contribution >= 4 is 45.3 Å². The van der Waals surface area contributed by atoms with Crippen molar-refractivity contribution in [2.24, 2.45) is 0 Å². The molecule has 4 aromatic rings. The summed E-state index contributed by atoms with van der Waals surface area (Å²) >= 11 is 2.79. The summed E-state index contributed by atoms with van der Waals surface area (Å²) in [5.41, 5.74) is 2.04. The number of nitrogens with one attached hydrogen (secondary N) is 2. The topological polar surface area (TPSA) is 71.1 Å². The molecule has 0 spiro atoms. The third kappa shape index (κ3) is 4.77. The number of carbonyl (C=O) groups is 2. The monoisotopic (exact) mass is 419 g/mol. The highest BCUT2D eigenvalue weighted by atomic mass is 32.1. The van der Waals surface area contributed by atoms with Crippen LogP contribution in [0.5, 0.6) is 0 Å². The number of anilines is 2. The molecular formula is C22H17N3O2S2. The van der Waals surface area contributed by atoms with Crippen molar-refractivity contribution in [1.29, 1.82) is 0 Å². The summed E-state index contributed by atoms with van der Waals surface area (Å²) in [7, 11) is 0. The maximum atomic E-state index is 12.8. The second-order valence-corrected chi connectivity index (χ2v) is 8.29. The molecule has 144 valence electrons. The van der Waals surface area contributed by atoms with Crippen molar-refractivity contribution in [2.45, 2.75) is 6.42 Å². The molecule has 2 N–H and O–H groups in total. The number of para-hydroxylation sites is 1. The molecule has 0 aliphatic heterocycles. The zero-order valence-corrected chi connectivity index (χ0v) is 16.9. The molecule has 0 saturated carbocycles. The van der Waals surface area contributed by atoms with Crippen LogP contribution in [-0.2, 0) is 6.42 Å². The molecule has 0 aliphatic rings. The Bertz CT molecular complexity index is 1120. The van der Waals surface area contributed by atoms with Crippen LogP contribution in [0.3, 0.4) is 0 Å². The fourth-order valence-electron chi connectivity index (χ4n) is 2.79. The van der Waals surface area contributed by atoms with E-state index < -0.39 is 0 Å². The molecule has 0 atom stereocenters. The lowest BCUT2D eigenvalue weighted by molar-refractivity contribution is 0.102. The molecule has 2 aromatic carbocycles. The normalized spacial score (nSPS) is 10.5. The summed E-state index contributed by atoms with van der Waals surface area (Å²) in [5.74, 6) is -0.549. The molecule has 4 rings (SSSR count). The number of benzene rings is 2. The smallest absolute Gasteiger partial charge is 0.265 e. The van der Waals surface area contributed by atoms with Gasteiger partial charge in [-0.1, -0.05) is 48.5 Å². The van der Waals surface area contributed by atoms with Gasteiger partial charge in [0.1, 0.15) is 0 Å². The van der Waals surface area contributed by atoms with E-state index in [9.17, 15) is 9.59 Å². The third-order valence-electron chi connectivity index (χ3n) is 4.16. The maximum absolute atomic E-state index is 12.8. The molecule has 0 bridgehead atoms. The van der Waals surface area contributed by atoms with Crippen molar-refractivity contribution in [3.8, 4) is 0 Å². The number of aromatic nitrogens is 1. The van der Waals surface area contributed by atoms with Gasteiger partial charge in [0.15, 0.2) is 5.13 Å². The SMILES string of the molecule is O=C(Nc1ccccc1C(=O)Nc1ncc(Cc2ccccc2)s1)c1cccs1. The molecular weight excluding hydrogens is 402 g/mol. The summed E-state index contributed by atoms with van der Waals surface area (Å²) in [6.07, 6.45) is 2.54. The molecule has 0 aliphatic carbocycles. The van der Waals surface area contributed by atoms with Crippen molar-refractivity contribution in [3.05, 3.63) is 99.2 Å². The number of thiophene rings is 1. The van der Waals surface area contributed by atoms with Gasteiger partial charge in [-0.05, 0) is 29.1 Å². The van der Waals surface area contributed by atoms with Gasteiger partial charge in [0, 0.05) is 17.5 Å². The molecule has 2 amide bonds. The van der Waals surface area contributed by atoms with Gasteiger partial charge in [-0.2, -0.15) is 0 Å². The van der Waals surface area contributed by atoms with Crippen LogP contribution in [0.15, 0.2) is 78.3 Å². The second-order valence-electron chi connectivity index (χ2n) is 6.23. The first-order valence-corrected chi connectivity index (χ1v) is 10.6. The number of carbonyl (C=O) groups excluding carboxylic acids is 2. The van der Waals surface area contributed by atoms with Gasteiger partial charge in [-0.15, -0.1) is 22.7 Å². The lowest BCUT2D eigenvalue weighted by atomic mass is 10.1. The van der Waals surface area contributed by atoms with E-state index in [1.807, 2.05) is 29.6 Å². The van der Waals surface area contributed by atoms with E-state index in [0.29, 0.717) is 21.3 Å². The lowest BCUT2D eigenvalue weighted by Crippen LogP contribution is -2.17. The predicted molar refractivity (Wildman–Crippen MR) is 118 cm³/mol. The van der Waals surface area contributed by atoms with Crippen molar-refractivity contribution < 1.29 is 9.59 Å². The van der Waals surface area contributed by atoms with Crippen LogP contribution in [-0.4, -0.2) is 16.8 Å². The average molecular weight is 420 g/mol. The van der Waals surface area contributed by atoms with Crippen LogP contribution in [0, 0.1) is 0 Å². The number of nitrogens with zero attached hydrogens (tertiary/aromatic N) is 1. The van der Waals surface area contributed by atoms with Gasteiger partial charge in [0.2, 0.25) is 0 Å². The summed E-state index contributed by atoms with van der Waals surface area (Å²) < 4.78 is 0. The van der Waals surface area contributed by atoms with Crippen LogP contribution < -0.4 is 10.6 Å². The molecule has 0 unspecified atom stereocenters. The van der Waals surface area contributed by atoms with Crippen molar-refractivity contribution in [3.63, 3.8) is 0 Å². The molecule has 5 nitrogen and oxygen atoms in total. The van der Waals surface area contributed by atoms with Crippen LogP contribution in [0.2, 0.25) is 0 Å². The fraction of sp³-hybridized carbons (Fsp3) is 0.0455. The van der Waals surface area contributed by atoms with E-state index in [2.05, 4.69) is 27.8 Å². The number of thiazole rings is 1. The Hall–Kier alpha value is -3.29. The Kier molecular flexibility index (Phi) is 5.79. The highest BCUT2D eigenvalue weighted by Crippen LogP contribution is 2.24. The Morgan fingerprint density at radius 1 is 0.862 bits per heavy atom. The summed E-state index contributed by atoms with van der Waals surface area (Å²) in [4.78, 5) is 31.1. The van der Waals surface area contributed by atoms with Gasteiger partial charge >= 0.3 is 0 Å². The highest BCUT2D eigenvalue weighted by molar-refractivity contribution is 7.15. The fourth-order valence-corrected chi connectivity index (χ4v) is 4.25. The minimum atomic E-state index is -0.312.